The SMILES string of the molecule is CC1(Oc2ccc3[nH]nc(-c4cc(N5CCN(CCN6CCC7(CN(c8ccc9c(c8F)CN(C8CCC(=O)NC8=O)C9=O)C7)C(F)(F)C6)CC5)ncn4)c3c2)CC1. The van der Waals surface area contributed by atoms with E-state index in [-0.39, 0.29) is 61.4 Å². The highest BCUT2D eigenvalue weighted by molar-refractivity contribution is 6.05. The normalized spacial score (nSPS) is 24.0. The van der Waals surface area contributed by atoms with E-state index >= 15 is 13.2 Å². The zero-order valence-electron chi connectivity index (χ0n) is 32.3. The highest BCUT2D eigenvalue weighted by atomic mass is 19.3. The first kappa shape index (κ1) is 37.0. The molecule has 0 bridgehead atoms. The third-order valence-electron chi connectivity index (χ3n) is 13.2. The number of nitrogens with zero attached hydrogens (tertiary/aromatic N) is 8. The molecule has 1 spiro atoms. The van der Waals surface area contributed by atoms with Gasteiger partial charge in [-0.2, -0.15) is 5.10 Å². The third-order valence-corrected chi connectivity index (χ3v) is 13.2. The number of aromatic nitrogens is 4. The van der Waals surface area contributed by atoms with Crippen molar-refractivity contribution in [2.24, 2.45) is 5.41 Å². The van der Waals surface area contributed by atoms with Crippen LogP contribution in [0, 0.1) is 11.2 Å². The Morgan fingerprint density at radius 2 is 1.69 bits per heavy atom. The van der Waals surface area contributed by atoms with Crippen LogP contribution in [0.2, 0.25) is 0 Å². The van der Waals surface area contributed by atoms with Gasteiger partial charge < -0.3 is 19.4 Å². The number of nitrogens with one attached hydrogen (secondary N) is 2. The Balaban J connectivity index is 0.716. The average Bonchev–Trinajstić information content (AvgIpc) is 3.60. The number of amides is 3. The van der Waals surface area contributed by atoms with E-state index in [2.05, 4.69) is 42.2 Å². The fraction of sp³-hybridized carbons (Fsp3) is 0.512. The van der Waals surface area contributed by atoms with E-state index in [1.165, 1.54) is 17.0 Å². The Hall–Kier alpha value is -5.29. The molecule has 58 heavy (non-hydrogen) atoms. The monoisotopic (exact) mass is 798 g/mol. The summed E-state index contributed by atoms with van der Waals surface area (Å²) in [6.07, 6.45) is 4.23. The largest absolute Gasteiger partial charge is 0.488 e. The van der Waals surface area contributed by atoms with Gasteiger partial charge in [0.1, 0.15) is 35.2 Å². The number of benzene rings is 2. The van der Waals surface area contributed by atoms with Crippen molar-refractivity contribution >= 4 is 40.1 Å². The maximum absolute atomic E-state index is 15.9. The van der Waals surface area contributed by atoms with Crippen molar-refractivity contribution in [1.82, 2.24) is 40.2 Å². The number of ether oxygens (including phenoxy) is 1. The van der Waals surface area contributed by atoms with Crippen LogP contribution >= 0.6 is 0 Å². The molecule has 0 radical (unpaired) electrons. The van der Waals surface area contributed by atoms with Gasteiger partial charge in [0.2, 0.25) is 11.8 Å². The van der Waals surface area contributed by atoms with Crippen LogP contribution in [0.4, 0.5) is 24.7 Å². The van der Waals surface area contributed by atoms with E-state index in [4.69, 9.17) is 4.74 Å². The summed E-state index contributed by atoms with van der Waals surface area (Å²) >= 11 is 0. The molecule has 2 N–H and O–H groups in total. The van der Waals surface area contributed by atoms with Gasteiger partial charge in [-0.3, -0.25) is 34.6 Å². The second-order valence-corrected chi connectivity index (χ2v) is 17.1. The summed E-state index contributed by atoms with van der Waals surface area (Å²) in [5.41, 5.74) is 1.53. The molecule has 14 nitrogen and oxygen atoms in total. The Morgan fingerprint density at radius 3 is 2.45 bits per heavy atom. The summed E-state index contributed by atoms with van der Waals surface area (Å²) in [5, 5.41) is 10.9. The number of alkyl halides is 2. The number of piperidine rings is 2. The highest BCUT2D eigenvalue weighted by Crippen LogP contribution is 2.52. The van der Waals surface area contributed by atoms with Crippen molar-refractivity contribution in [3.05, 3.63) is 59.7 Å². The van der Waals surface area contributed by atoms with Crippen LogP contribution in [0.5, 0.6) is 5.75 Å². The van der Waals surface area contributed by atoms with Crippen molar-refractivity contribution in [3.63, 3.8) is 0 Å². The molecule has 1 aliphatic carbocycles. The number of imide groups is 1. The number of fused-ring (bicyclic) bond motifs is 2. The smallest absolute Gasteiger partial charge is 0.269 e. The Kier molecular flexibility index (Phi) is 8.71. The lowest BCUT2D eigenvalue weighted by atomic mass is 9.69. The minimum absolute atomic E-state index is 0.0202. The molecule has 5 aliphatic heterocycles. The van der Waals surface area contributed by atoms with Gasteiger partial charge >= 0.3 is 0 Å². The van der Waals surface area contributed by atoms with E-state index < -0.39 is 40.9 Å². The molecule has 6 aliphatic rings. The quantitative estimate of drug-likeness (QED) is 0.239. The maximum atomic E-state index is 15.9. The summed E-state index contributed by atoms with van der Waals surface area (Å²) in [4.78, 5) is 55.5. The van der Waals surface area contributed by atoms with Crippen LogP contribution in [0.1, 0.15) is 54.9 Å². The number of carbonyl (C=O) groups excluding carboxylic acids is 3. The van der Waals surface area contributed by atoms with Gasteiger partial charge in [-0.15, -0.1) is 0 Å². The van der Waals surface area contributed by atoms with Crippen LogP contribution in [-0.2, 0) is 16.1 Å². The van der Waals surface area contributed by atoms with Crippen LogP contribution in [0.25, 0.3) is 22.3 Å². The van der Waals surface area contributed by atoms with Gasteiger partial charge in [0, 0.05) is 81.4 Å². The number of piperazine rings is 1. The predicted molar refractivity (Wildman–Crippen MR) is 207 cm³/mol. The highest BCUT2D eigenvalue weighted by Gasteiger charge is 2.63. The zero-order chi connectivity index (χ0) is 40.0. The lowest BCUT2D eigenvalue weighted by molar-refractivity contribution is -0.180. The average molecular weight is 799 g/mol. The topological polar surface area (TPSA) is 143 Å². The minimum Gasteiger partial charge on any atom is -0.488 e. The lowest BCUT2D eigenvalue weighted by Crippen LogP contribution is -2.70. The minimum atomic E-state index is -2.96. The molecule has 7 heterocycles. The second-order valence-electron chi connectivity index (χ2n) is 17.1. The van der Waals surface area contributed by atoms with Gasteiger partial charge in [0.25, 0.3) is 11.8 Å². The molecule has 304 valence electrons. The van der Waals surface area contributed by atoms with Crippen molar-refractivity contribution in [2.75, 3.05) is 75.2 Å². The molecule has 4 saturated heterocycles. The van der Waals surface area contributed by atoms with Crippen LogP contribution < -0.4 is 19.9 Å². The van der Waals surface area contributed by atoms with Gasteiger partial charge in [-0.05, 0) is 69.5 Å². The Labute approximate surface area is 332 Å². The van der Waals surface area contributed by atoms with Crippen LogP contribution in [0.15, 0.2) is 42.7 Å². The first-order chi connectivity index (χ1) is 27.9. The van der Waals surface area contributed by atoms with E-state index in [0.29, 0.717) is 26.1 Å². The zero-order valence-corrected chi connectivity index (χ0v) is 32.3. The third kappa shape index (κ3) is 6.42. The Bertz CT molecular complexity index is 2320. The van der Waals surface area contributed by atoms with E-state index in [1.807, 2.05) is 29.2 Å². The van der Waals surface area contributed by atoms with Crippen molar-refractivity contribution in [2.45, 2.75) is 63.1 Å². The van der Waals surface area contributed by atoms with Gasteiger partial charge in [0.05, 0.1) is 35.4 Å². The molecule has 3 amide bonds. The number of likely N-dealkylation sites (tertiary alicyclic amines) is 1. The van der Waals surface area contributed by atoms with Gasteiger partial charge in [0.15, 0.2) is 5.82 Å². The van der Waals surface area contributed by atoms with E-state index in [0.717, 1.165) is 72.9 Å². The number of rotatable bonds is 9. The molecule has 4 aromatic rings. The number of hydrogen-bond donors (Lipinski definition) is 2. The molecule has 1 saturated carbocycles. The first-order valence-corrected chi connectivity index (χ1v) is 20.2. The van der Waals surface area contributed by atoms with Crippen molar-refractivity contribution in [3.8, 4) is 17.1 Å². The summed E-state index contributed by atoms with van der Waals surface area (Å²) in [6.45, 7) is 6.47. The van der Waals surface area contributed by atoms with Crippen molar-refractivity contribution in [1.29, 1.82) is 0 Å². The van der Waals surface area contributed by atoms with E-state index in [9.17, 15) is 14.4 Å². The first-order valence-electron chi connectivity index (χ1n) is 20.2. The van der Waals surface area contributed by atoms with Gasteiger partial charge in [-0.1, -0.05) is 0 Å². The molecular weight excluding hydrogens is 754 g/mol. The summed E-state index contributed by atoms with van der Waals surface area (Å²) in [5.74, 6) is -3.40. The standard InChI is InChI=1S/C41H45F3N10O4/c1-39(8-9-39)58-25-2-4-29-27(18-25)36(49-48-29)30-19-33(46-24-45-30)52-16-14-50(15-17-52)12-13-51-11-10-40(41(43,44)23-51)21-53(22-40)31-5-3-26-28(35(31)42)20-54(38(26)57)32-6-7-34(55)47-37(32)56/h2-5,18-19,24,32H,6-17,20-23H2,1H3,(H,48,49)(H,47,55,56). The summed E-state index contributed by atoms with van der Waals surface area (Å²) in [6, 6.07) is 10.0. The fourth-order valence-electron chi connectivity index (χ4n) is 9.30. The molecule has 2 aromatic heterocycles. The lowest BCUT2D eigenvalue weighted by Gasteiger charge is -2.58. The molecule has 1 atom stereocenters. The summed E-state index contributed by atoms with van der Waals surface area (Å²) < 4.78 is 54.0. The second kappa shape index (κ2) is 13.6. The number of aromatic amines is 1. The molecule has 10 rings (SSSR count). The number of halogens is 3. The number of carbonyl (C=O) groups is 3. The maximum Gasteiger partial charge on any atom is 0.269 e. The Morgan fingerprint density at radius 1 is 0.897 bits per heavy atom. The molecule has 2 aromatic carbocycles. The van der Waals surface area contributed by atoms with E-state index in [1.54, 1.807) is 11.2 Å². The van der Waals surface area contributed by atoms with Crippen LogP contribution in [-0.4, -0.2) is 136 Å². The van der Waals surface area contributed by atoms with Gasteiger partial charge in [-0.25, -0.2) is 23.1 Å². The summed E-state index contributed by atoms with van der Waals surface area (Å²) in [7, 11) is 0. The molecule has 5 fully saturated rings. The fourth-order valence-corrected chi connectivity index (χ4v) is 9.30. The predicted octanol–water partition coefficient (Wildman–Crippen LogP) is 3.82. The van der Waals surface area contributed by atoms with Crippen molar-refractivity contribution < 1.29 is 32.3 Å². The number of hydrogen-bond acceptors (Lipinski definition) is 11. The number of anilines is 2. The molecule has 17 heteroatoms. The molecule has 1 unspecified atom stereocenters. The molecular formula is C41H45F3N10O4. The number of H-pyrrole nitrogens is 1. The van der Waals surface area contributed by atoms with Crippen LogP contribution in [0.3, 0.4) is 0 Å².